The van der Waals surface area contributed by atoms with Gasteiger partial charge in [0.15, 0.2) is 0 Å². The molecule has 0 saturated heterocycles. The van der Waals surface area contributed by atoms with Crippen molar-refractivity contribution in [3.05, 3.63) is 64.9 Å². The number of nitrogens with two attached hydrogens (primary N) is 1. The van der Waals surface area contributed by atoms with E-state index in [1.165, 1.54) is 12.1 Å². The van der Waals surface area contributed by atoms with Gasteiger partial charge in [-0.2, -0.15) is 0 Å². The molecule has 0 fully saturated rings. The smallest absolute Gasteiger partial charge is 0.241 e. The number of benzene rings is 2. The lowest BCUT2D eigenvalue weighted by atomic mass is 10.1. The molecule has 3 nitrogen and oxygen atoms in total. The predicted octanol–water partition coefficient (Wildman–Crippen LogP) is 2.99. The largest absolute Gasteiger partial charge is 0.325 e. The Bertz CT molecular complexity index is 604. The monoisotopic (exact) mass is 292 g/mol. The minimum absolute atomic E-state index is 0.0107. The van der Waals surface area contributed by atoms with Gasteiger partial charge >= 0.3 is 0 Å². The van der Waals surface area contributed by atoms with Crippen molar-refractivity contribution >= 4 is 23.2 Å². The molecule has 3 N–H and O–H groups in total. The lowest BCUT2D eigenvalue weighted by molar-refractivity contribution is -0.117. The maximum atomic E-state index is 13.3. The van der Waals surface area contributed by atoms with E-state index in [9.17, 15) is 9.18 Å². The second-order valence-electron chi connectivity index (χ2n) is 4.41. The fraction of sp³-hybridized carbons (Fsp3) is 0.133. The number of rotatable bonds is 4. The average molecular weight is 293 g/mol. The van der Waals surface area contributed by atoms with Crippen molar-refractivity contribution in [3.63, 3.8) is 0 Å². The van der Waals surface area contributed by atoms with Gasteiger partial charge in [0.25, 0.3) is 0 Å². The lowest BCUT2D eigenvalue weighted by Crippen LogP contribution is -2.37. The zero-order chi connectivity index (χ0) is 14.5. The molecular weight excluding hydrogens is 279 g/mol. The van der Waals surface area contributed by atoms with Crippen LogP contribution in [-0.2, 0) is 11.2 Å². The number of carbonyl (C=O) groups is 1. The standard InChI is InChI=1S/C15H14ClFN2O/c16-12-7-6-11(9-13(12)17)19-15(20)14(18)8-10-4-2-1-3-5-10/h1-7,9,14H,8,18H2,(H,19,20). The van der Waals surface area contributed by atoms with Crippen LogP contribution in [0.5, 0.6) is 0 Å². The highest BCUT2D eigenvalue weighted by Crippen LogP contribution is 2.18. The molecule has 0 aliphatic heterocycles. The van der Waals surface area contributed by atoms with E-state index in [-0.39, 0.29) is 10.9 Å². The molecule has 0 bridgehead atoms. The molecule has 0 saturated carbocycles. The molecule has 0 radical (unpaired) electrons. The summed E-state index contributed by atoms with van der Waals surface area (Å²) in [5.74, 6) is -0.948. The van der Waals surface area contributed by atoms with Gasteiger partial charge in [-0.25, -0.2) is 4.39 Å². The molecule has 0 heterocycles. The van der Waals surface area contributed by atoms with Gasteiger partial charge < -0.3 is 11.1 Å². The first-order valence-corrected chi connectivity index (χ1v) is 6.49. The number of amides is 1. The van der Waals surface area contributed by atoms with E-state index in [1.807, 2.05) is 30.3 Å². The molecule has 1 atom stereocenters. The normalized spacial score (nSPS) is 11.9. The highest BCUT2D eigenvalue weighted by atomic mass is 35.5. The van der Waals surface area contributed by atoms with Gasteiger partial charge in [0, 0.05) is 5.69 Å². The average Bonchev–Trinajstić information content (AvgIpc) is 2.44. The van der Waals surface area contributed by atoms with Crippen LogP contribution in [-0.4, -0.2) is 11.9 Å². The van der Waals surface area contributed by atoms with Crippen molar-refractivity contribution in [1.29, 1.82) is 0 Å². The first-order chi connectivity index (χ1) is 9.56. The van der Waals surface area contributed by atoms with Crippen LogP contribution in [0.25, 0.3) is 0 Å². The van der Waals surface area contributed by atoms with Gasteiger partial charge in [0.1, 0.15) is 5.82 Å². The Kier molecular flexibility index (Phi) is 4.71. The quantitative estimate of drug-likeness (QED) is 0.910. The van der Waals surface area contributed by atoms with Crippen molar-refractivity contribution in [1.82, 2.24) is 0 Å². The van der Waals surface area contributed by atoms with Crippen LogP contribution in [0.2, 0.25) is 5.02 Å². The van der Waals surface area contributed by atoms with Crippen LogP contribution in [0.4, 0.5) is 10.1 Å². The summed E-state index contributed by atoms with van der Waals surface area (Å²) in [5.41, 5.74) is 7.14. The Labute approximate surface area is 121 Å². The van der Waals surface area contributed by atoms with Crippen molar-refractivity contribution in [2.75, 3.05) is 5.32 Å². The highest BCUT2D eigenvalue weighted by Gasteiger charge is 2.14. The molecule has 2 rings (SSSR count). The first kappa shape index (κ1) is 14.5. The van der Waals surface area contributed by atoms with Gasteiger partial charge in [-0.3, -0.25) is 4.79 Å². The van der Waals surface area contributed by atoms with Gasteiger partial charge in [0.05, 0.1) is 11.1 Å². The zero-order valence-electron chi connectivity index (χ0n) is 10.6. The topological polar surface area (TPSA) is 55.1 Å². The number of carbonyl (C=O) groups excluding carboxylic acids is 1. The van der Waals surface area contributed by atoms with Crippen LogP contribution in [0.3, 0.4) is 0 Å². The Morgan fingerprint density at radius 2 is 1.95 bits per heavy atom. The lowest BCUT2D eigenvalue weighted by Gasteiger charge is -2.12. The van der Waals surface area contributed by atoms with Crippen molar-refractivity contribution < 1.29 is 9.18 Å². The molecule has 0 aliphatic carbocycles. The molecule has 1 unspecified atom stereocenters. The van der Waals surface area contributed by atoms with E-state index in [0.717, 1.165) is 11.6 Å². The zero-order valence-corrected chi connectivity index (χ0v) is 11.4. The molecule has 104 valence electrons. The summed E-state index contributed by atoms with van der Waals surface area (Å²) in [6.07, 6.45) is 0.419. The minimum Gasteiger partial charge on any atom is -0.325 e. The van der Waals surface area contributed by atoms with E-state index in [4.69, 9.17) is 17.3 Å². The Morgan fingerprint density at radius 3 is 2.60 bits per heavy atom. The van der Waals surface area contributed by atoms with E-state index in [2.05, 4.69) is 5.32 Å². The second-order valence-corrected chi connectivity index (χ2v) is 4.82. The van der Waals surface area contributed by atoms with Crippen LogP contribution in [0, 0.1) is 5.82 Å². The summed E-state index contributed by atoms with van der Waals surface area (Å²) in [5, 5.41) is 2.58. The molecule has 5 heteroatoms. The third-order valence-electron chi connectivity index (χ3n) is 2.82. The number of anilines is 1. The van der Waals surface area contributed by atoms with Crippen molar-refractivity contribution in [2.45, 2.75) is 12.5 Å². The van der Waals surface area contributed by atoms with E-state index in [1.54, 1.807) is 0 Å². The van der Waals surface area contributed by atoms with Crippen molar-refractivity contribution in [3.8, 4) is 0 Å². The summed E-state index contributed by atoms with van der Waals surface area (Å²) in [7, 11) is 0. The molecule has 2 aromatic carbocycles. The van der Waals surface area contributed by atoms with Gasteiger partial charge in [-0.15, -0.1) is 0 Å². The fourth-order valence-corrected chi connectivity index (χ4v) is 1.89. The SMILES string of the molecule is NC(Cc1ccccc1)C(=O)Nc1ccc(Cl)c(F)c1. The van der Waals surface area contributed by atoms with Crippen LogP contribution < -0.4 is 11.1 Å². The molecule has 1 amide bonds. The fourth-order valence-electron chi connectivity index (χ4n) is 1.77. The second kappa shape index (κ2) is 6.50. The number of hydrogen-bond acceptors (Lipinski definition) is 2. The van der Waals surface area contributed by atoms with Crippen LogP contribution in [0.1, 0.15) is 5.56 Å². The summed E-state index contributed by atoms with van der Waals surface area (Å²) >= 11 is 5.57. The Balaban J connectivity index is 1.99. The maximum absolute atomic E-state index is 13.3. The summed E-state index contributed by atoms with van der Waals surface area (Å²) in [4.78, 5) is 11.9. The summed E-state index contributed by atoms with van der Waals surface area (Å²) in [6.45, 7) is 0. The Hall–Kier alpha value is -1.91. The van der Waals surface area contributed by atoms with Gasteiger partial charge in [-0.05, 0) is 30.2 Å². The summed E-state index contributed by atoms with van der Waals surface area (Å²) < 4.78 is 13.3. The highest BCUT2D eigenvalue weighted by molar-refractivity contribution is 6.30. The van der Waals surface area contributed by atoms with E-state index < -0.39 is 11.9 Å². The molecule has 0 aromatic heterocycles. The minimum atomic E-state index is -0.698. The Morgan fingerprint density at radius 1 is 1.25 bits per heavy atom. The van der Waals surface area contributed by atoms with Crippen molar-refractivity contribution in [2.24, 2.45) is 5.73 Å². The molecule has 0 spiro atoms. The number of nitrogens with one attached hydrogen (secondary N) is 1. The molecule has 20 heavy (non-hydrogen) atoms. The van der Waals surface area contributed by atoms with Crippen LogP contribution in [0.15, 0.2) is 48.5 Å². The summed E-state index contributed by atoms with van der Waals surface area (Å²) in [6, 6.07) is 12.8. The third kappa shape index (κ3) is 3.79. The number of hydrogen-bond donors (Lipinski definition) is 2. The van der Waals surface area contributed by atoms with E-state index in [0.29, 0.717) is 12.1 Å². The van der Waals surface area contributed by atoms with Gasteiger partial charge in [-0.1, -0.05) is 41.9 Å². The maximum Gasteiger partial charge on any atom is 0.241 e. The van der Waals surface area contributed by atoms with Gasteiger partial charge in [0.2, 0.25) is 5.91 Å². The molecular formula is C15H14ClFN2O. The number of halogens is 2. The molecule has 0 aliphatic rings. The predicted molar refractivity (Wildman–Crippen MR) is 78.2 cm³/mol. The van der Waals surface area contributed by atoms with Crippen LogP contribution >= 0.6 is 11.6 Å². The first-order valence-electron chi connectivity index (χ1n) is 6.11. The third-order valence-corrected chi connectivity index (χ3v) is 3.13. The van der Waals surface area contributed by atoms with E-state index >= 15 is 0 Å². The molecule has 2 aromatic rings.